The normalized spacial score (nSPS) is 11.0. The zero-order chi connectivity index (χ0) is 66.2. The van der Waals surface area contributed by atoms with E-state index in [0.29, 0.717) is 18.0 Å². The van der Waals surface area contributed by atoms with Crippen LogP contribution in [-0.2, 0) is 41.7 Å². The fourth-order valence-electron chi connectivity index (χ4n) is 11.1. The first-order chi connectivity index (χ1) is 44.7. The highest BCUT2D eigenvalue weighted by Crippen LogP contribution is 2.29. The fourth-order valence-corrected chi connectivity index (χ4v) is 11.1. The number of hydrogen-bond acceptors (Lipinski definition) is 12. The maximum absolute atomic E-state index is 10.9. The standard InChI is InChI=1S/C17H26N2O.C17H22N2O.C16H22N2O.C13H16N2O2.C12H14N2O2/c2*1-4-9-19(10-5-2)11-8-14-13-18-17-7-6-15(20-3)12-16(14)17;1-4-9-18(5-2)10-8-13-12-17-16-7-6-14(19-3)11-15(13)16;1-9(16)17-11-3-4-13-12(7-11)10(8-15-13)5-6-14-2;1-8(15)16-10-2-3-12-11(6-10)9(4-5-13)7-14-12/h6-7,12-13,18H,4-5,8-11H2,1-3H3;4-7,12-13,18H,1-2,8-11H2,3H3;4,6-7,11-12,17H,1,5,8-10H2,2-3H3;3-4,7-8,14-15H,5-6H2,1-2H3;2-3,6-7,14H,4-5,13H2,1H3. The van der Waals surface area contributed by atoms with E-state index in [1.165, 1.54) is 89.2 Å². The Bertz CT molecular complexity index is 3850. The summed E-state index contributed by atoms with van der Waals surface area (Å²) in [4.78, 5) is 45.4. The molecule has 0 fully saturated rings. The number of ether oxygens (including phenoxy) is 5. The van der Waals surface area contributed by atoms with Crippen molar-refractivity contribution in [2.24, 2.45) is 5.73 Å². The number of hydrogen-bond donors (Lipinski definition) is 7. The zero-order valence-corrected chi connectivity index (χ0v) is 55.9. The second-order valence-corrected chi connectivity index (χ2v) is 22.4. The van der Waals surface area contributed by atoms with Crippen molar-refractivity contribution in [1.82, 2.24) is 44.9 Å². The van der Waals surface area contributed by atoms with E-state index >= 15 is 0 Å². The average molecular weight is 1250 g/mol. The second-order valence-electron chi connectivity index (χ2n) is 22.4. The van der Waals surface area contributed by atoms with Crippen LogP contribution in [0.25, 0.3) is 54.5 Å². The second kappa shape index (κ2) is 38.8. The van der Waals surface area contributed by atoms with Crippen molar-refractivity contribution in [2.45, 2.75) is 79.6 Å². The molecule has 5 aromatic heterocycles. The van der Waals surface area contributed by atoms with E-state index in [0.717, 1.165) is 135 Å². The van der Waals surface area contributed by atoms with Gasteiger partial charge in [0.25, 0.3) is 0 Å². The van der Waals surface area contributed by atoms with E-state index in [2.05, 4.69) is 140 Å². The van der Waals surface area contributed by atoms with Gasteiger partial charge in [-0.1, -0.05) is 39.0 Å². The minimum absolute atomic E-state index is 0.295. The summed E-state index contributed by atoms with van der Waals surface area (Å²) in [7, 11) is 7.05. The Morgan fingerprint density at radius 1 is 0.446 bits per heavy atom. The fraction of sp³-hybridized carbons (Fsp3) is 0.360. The van der Waals surface area contributed by atoms with Gasteiger partial charge in [-0.3, -0.25) is 19.4 Å². The molecule has 0 unspecified atom stereocenters. The maximum Gasteiger partial charge on any atom is 0.308 e. The molecular weight excluding hydrogens is 1150 g/mol. The Kier molecular flexibility index (Phi) is 30.4. The largest absolute Gasteiger partial charge is 0.497 e. The minimum Gasteiger partial charge on any atom is -0.497 e. The van der Waals surface area contributed by atoms with Crippen LogP contribution in [0.15, 0.2) is 160 Å². The number of aromatic amines is 5. The number of nitrogens with zero attached hydrogens (tertiary/aromatic N) is 3. The lowest BCUT2D eigenvalue weighted by Gasteiger charge is -2.20. The molecule has 5 aromatic carbocycles. The van der Waals surface area contributed by atoms with Gasteiger partial charge in [-0.25, -0.2) is 0 Å². The van der Waals surface area contributed by atoms with Crippen molar-refractivity contribution in [3.63, 3.8) is 0 Å². The number of benzene rings is 5. The molecule has 10 aromatic rings. The zero-order valence-electron chi connectivity index (χ0n) is 55.9. The monoisotopic (exact) mass is 1250 g/mol. The van der Waals surface area contributed by atoms with E-state index < -0.39 is 0 Å². The van der Waals surface area contributed by atoms with Crippen LogP contribution in [0.1, 0.15) is 75.3 Å². The number of carbonyl (C=O) groups excluding carboxylic acids is 2. The Hall–Kier alpha value is -8.84. The molecule has 0 atom stereocenters. The van der Waals surface area contributed by atoms with Gasteiger partial charge in [-0.15, -0.1) is 19.7 Å². The molecular formula is C75H100N10O7. The Balaban J connectivity index is 0.000000183. The number of fused-ring (bicyclic) bond motifs is 5. The summed E-state index contributed by atoms with van der Waals surface area (Å²) in [5.74, 6) is 3.29. The van der Waals surface area contributed by atoms with E-state index in [4.69, 9.17) is 29.4 Å². The molecule has 5 heterocycles. The van der Waals surface area contributed by atoms with Crippen LogP contribution in [0.5, 0.6) is 28.7 Å². The van der Waals surface area contributed by atoms with Crippen molar-refractivity contribution >= 4 is 66.5 Å². The van der Waals surface area contributed by atoms with Gasteiger partial charge in [-0.05, 0) is 204 Å². The summed E-state index contributed by atoms with van der Waals surface area (Å²) < 4.78 is 26.0. The molecule has 0 amide bonds. The molecule has 17 heteroatoms. The van der Waals surface area contributed by atoms with E-state index in [1.807, 2.05) is 80.1 Å². The quantitative estimate of drug-likeness (QED) is 0.0128. The predicted molar refractivity (Wildman–Crippen MR) is 381 cm³/mol. The molecule has 8 N–H and O–H groups in total. The molecule has 0 spiro atoms. The van der Waals surface area contributed by atoms with Gasteiger partial charge < -0.3 is 64.6 Å². The number of rotatable bonds is 30. The van der Waals surface area contributed by atoms with E-state index in [-0.39, 0.29) is 11.9 Å². The molecule has 0 saturated heterocycles. The summed E-state index contributed by atoms with van der Waals surface area (Å²) in [6.07, 6.45) is 23.4. The van der Waals surface area contributed by atoms with Crippen LogP contribution >= 0.6 is 0 Å². The Morgan fingerprint density at radius 3 is 1.05 bits per heavy atom. The molecule has 0 aliphatic carbocycles. The van der Waals surface area contributed by atoms with Gasteiger partial charge in [0.15, 0.2) is 0 Å². The molecule has 0 aliphatic rings. The minimum atomic E-state index is -0.310. The van der Waals surface area contributed by atoms with Gasteiger partial charge in [0, 0.05) is 139 Å². The average Bonchev–Trinajstić information content (AvgIpc) is 1.85. The highest BCUT2D eigenvalue weighted by molar-refractivity contribution is 5.88. The number of esters is 2. The number of aromatic nitrogens is 5. The van der Waals surface area contributed by atoms with Gasteiger partial charge in [0.05, 0.1) is 21.3 Å². The number of likely N-dealkylation sites (N-methyl/N-ethyl adjacent to an activating group) is 2. The van der Waals surface area contributed by atoms with Gasteiger partial charge in [0.2, 0.25) is 0 Å². The van der Waals surface area contributed by atoms with E-state index in [1.54, 1.807) is 33.5 Å². The maximum atomic E-state index is 10.9. The smallest absolute Gasteiger partial charge is 0.308 e. The number of H-pyrrole nitrogens is 5. The first-order valence-electron chi connectivity index (χ1n) is 32.1. The third-order valence-corrected chi connectivity index (χ3v) is 15.8. The lowest BCUT2D eigenvalue weighted by Crippen LogP contribution is -2.27. The molecule has 0 aliphatic heterocycles. The van der Waals surface area contributed by atoms with Crippen LogP contribution in [-0.4, -0.2) is 152 Å². The van der Waals surface area contributed by atoms with Crippen molar-refractivity contribution in [3.8, 4) is 28.7 Å². The molecule has 0 bridgehead atoms. The molecule has 17 nitrogen and oxygen atoms in total. The third kappa shape index (κ3) is 21.9. The number of carbonyl (C=O) groups is 2. The predicted octanol–water partition coefficient (Wildman–Crippen LogP) is 13.9. The number of nitrogens with one attached hydrogen (secondary N) is 6. The Labute approximate surface area is 544 Å². The van der Waals surface area contributed by atoms with Gasteiger partial charge in [-0.2, -0.15) is 0 Å². The molecule has 0 radical (unpaired) electrons. The number of methoxy groups -OCH3 is 3. The van der Waals surface area contributed by atoms with Crippen LogP contribution < -0.4 is 34.7 Å². The van der Waals surface area contributed by atoms with Crippen LogP contribution in [0.3, 0.4) is 0 Å². The lowest BCUT2D eigenvalue weighted by atomic mass is 10.1. The highest BCUT2D eigenvalue weighted by Gasteiger charge is 2.13. The van der Waals surface area contributed by atoms with Gasteiger partial charge in [0.1, 0.15) is 28.7 Å². The third-order valence-electron chi connectivity index (χ3n) is 15.8. The molecule has 492 valence electrons. The van der Waals surface area contributed by atoms with Crippen molar-refractivity contribution in [3.05, 3.63) is 188 Å². The highest BCUT2D eigenvalue weighted by atomic mass is 16.5. The topological polar surface area (TPSA) is 207 Å². The van der Waals surface area contributed by atoms with Crippen LogP contribution in [0, 0.1) is 0 Å². The van der Waals surface area contributed by atoms with E-state index in [9.17, 15) is 9.59 Å². The first-order valence-corrected chi connectivity index (χ1v) is 32.1. The summed E-state index contributed by atoms with van der Waals surface area (Å²) >= 11 is 0. The molecule has 10 rings (SSSR count). The van der Waals surface area contributed by atoms with Crippen LogP contribution in [0.2, 0.25) is 0 Å². The Morgan fingerprint density at radius 2 is 0.750 bits per heavy atom. The molecule has 92 heavy (non-hydrogen) atoms. The van der Waals surface area contributed by atoms with Crippen LogP contribution in [0.4, 0.5) is 0 Å². The van der Waals surface area contributed by atoms with Gasteiger partial charge >= 0.3 is 11.9 Å². The van der Waals surface area contributed by atoms with Crippen molar-refractivity contribution < 1.29 is 33.3 Å². The van der Waals surface area contributed by atoms with Crippen molar-refractivity contribution in [1.29, 1.82) is 0 Å². The lowest BCUT2D eigenvalue weighted by molar-refractivity contribution is -0.132. The first kappa shape index (κ1) is 72.2. The molecule has 0 saturated carbocycles. The summed E-state index contributed by atoms with van der Waals surface area (Å²) in [5, 5.41) is 9.07. The SMILES string of the molecule is C=CCN(CC)CCc1c[nH]c2ccc(OC)cc12.C=CCN(CC=C)CCc1c[nH]c2ccc(OC)cc12.CC(=O)Oc1ccc2[nH]cc(CCN)c2c1.CCCN(CCC)CCc1c[nH]c2ccc(OC)cc12.CNCCc1c[nH]c2ccc(OC(C)=O)cc12. The number of nitrogens with two attached hydrogens (primary N) is 1. The summed E-state index contributed by atoms with van der Waals surface area (Å²) in [5.41, 5.74) is 17.6. The summed E-state index contributed by atoms with van der Waals surface area (Å²) in [6.45, 7) is 31.7. The summed E-state index contributed by atoms with van der Waals surface area (Å²) in [6, 6.07) is 29.7. The van der Waals surface area contributed by atoms with Crippen molar-refractivity contribution in [2.75, 3.05) is 100 Å².